The average molecular weight is 459 g/mol. The van der Waals surface area contributed by atoms with Gasteiger partial charge in [0.25, 0.3) is 0 Å². The van der Waals surface area contributed by atoms with Crippen LogP contribution in [0.3, 0.4) is 0 Å². The molecule has 0 aliphatic heterocycles. The summed E-state index contributed by atoms with van der Waals surface area (Å²) in [6, 6.07) is 22.7. The summed E-state index contributed by atoms with van der Waals surface area (Å²) < 4.78 is 16.2. The number of benzene rings is 3. The van der Waals surface area contributed by atoms with Crippen LogP contribution in [-0.2, 0) is 9.53 Å². The zero-order chi connectivity index (χ0) is 24.2. The van der Waals surface area contributed by atoms with Gasteiger partial charge < -0.3 is 14.2 Å². The molecular weight excluding hydrogens is 428 g/mol. The second-order valence-electron chi connectivity index (χ2n) is 7.94. The largest absolute Gasteiger partial charge is 0.494 e. The van der Waals surface area contributed by atoms with Gasteiger partial charge in [0.05, 0.1) is 18.8 Å². The van der Waals surface area contributed by atoms with E-state index in [1.165, 1.54) is 6.08 Å². The zero-order valence-electron chi connectivity index (χ0n) is 19.5. The fraction of sp³-hybridized carbons (Fsp3) is 0.241. The molecule has 0 aliphatic rings. The van der Waals surface area contributed by atoms with Crippen molar-refractivity contribution in [1.29, 1.82) is 0 Å². The highest BCUT2D eigenvalue weighted by Gasteiger charge is 2.09. The van der Waals surface area contributed by atoms with Crippen molar-refractivity contribution in [2.24, 2.45) is 0 Å². The van der Waals surface area contributed by atoms with Crippen molar-refractivity contribution >= 4 is 11.9 Å². The summed E-state index contributed by atoms with van der Waals surface area (Å²) >= 11 is 0. The first kappa shape index (κ1) is 24.8. The Balaban J connectivity index is 1.41. The van der Waals surface area contributed by atoms with Crippen molar-refractivity contribution in [3.8, 4) is 22.6 Å². The van der Waals surface area contributed by atoms with Crippen molar-refractivity contribution in [3.05, 3.63) is 96.6 Å². The molecule has 5 heteroatoms. The smallest absolute Gasteiger partial charge is 0.343 e. The number of hydrogen-bond donors (Lipinski definition) is 0. The van der Waals surface area contributed by atoms with Crippen LogP contribution in [0.15, 0.2) is 85.5 Å². The van der Waals surface area contributed by atoms with E-state index in [1.54, 1.807) is 24.3 Å². The Bertz CT molecular complexity index is 1070. The van der Waals surface area contributed by atoms with Crippen LogP contribution in [-0.4, -0.2) is 25.2 Å². The van der Waals surface area contributed by atoms with Crippen LogP contribution < -0.4 is 9.47 Å². The van der Waals surface area contributed by atoms with Gasteiger partial charge in [-0.3, -0.25) is 0 Å². The van der Waals surface area contributed by atoms with Gasteiger partial charge in [-0.1, -0.05) is 48.5 Å². The van der Waals surface area contributed by atoms with Gasteiger partial charge in [0.1, 0.15) is 11.5 Å². The predicted octanol–water partition coefficient (Wildman–Crippen LogP) is 6.55. The second-order valence-corrected chi connectivity index (χ2v) is 7.94. The molecule has 176 valence electrons. The van der Waals surface area contributed by atoms with E-state index in [0.717, 1.165) is 48.1 Å². The fourth-order valence-corrected chi connectivity index (χ4v) is 3.29. The van der Waals surface area contributed by atoms with Gasteiger partial charge >= 0.3 is 11.9 Å². The maximum Gasteiger partial charge on any atom is 0.343 e. The van der Waals surface area contributed by atoms with E-state index in [2.05, 4.69) is 6.58 Å². The van der Waals surface area contributed by atoms with Crippen molar-refractivity contribution in [1.82, 2.24) is 0 Å². The van der Waals surface area contributed by atoms with Crippen LogP contribution in [0, 0.1) is 6.92 Å². The third-order valence-corrected chi connectivity index (χ3v) is 5.26. The van der Waals surface area contributed by atoms with E-state index in [-0.39, 0.29) is 11.9 Å². The Morgan fingerprint density at radius 1 is 0.735 bits per heavy atom. The lowest BCUT2D eigenvalue weighted by atomic mass is 10.0. The molecular formula is C29H30O5. The normalized spacial score (nSPS) is 10.4. The Hall–Kier alpha value is -3.86. The van der Waals surface area contributed by atoms with Gasteiger partial charge in [-0.2, -0.15) is 0 Å². The first-order valence-electron chi connectivity index (χ1n) is 11.5. The maximum atomic E-state index is 12.4. The molecule has 34 heavy (non-hydrogen) atoms. The number of aryl methyl sites for hydroxylation is 1. The lowest BCUT2D eigenvalue weighted by Crippen LogP contribution is -2.08. The summed E-state index contributed by atoms with van der Waals surface area (Å²) in [5.74, 6) is 0.603. The monoisotopic (exact) mass is 458 g/mol. The molecule has 0 radical (unpaired) electrons. The van der Waals surface area contributed by atoms with Crippen LogP contribution in [0.2, 0.25) is 0 Å². The summed E-state index contributed by atoms with van der Waals surface area (Å²) in [6.07, 6.45) is 4.97. The summed E-state index contributed by atoms with van der Waals surface area (Å²) in [5.41, 5.74) is 3.67. The molecule has 5 nitrogen and oxygen atoms in total. The second kappa shape index (κ2) is 13.0. The van der Waals surface area contributed by atoms with Gasteiger partial charge in [0.2, 0.25) is 0 Å². The molecule has 0 unspecified atom stereocenters. The fourth-order valence-electron chi connectivity index (χ4n) is 3.29. The molecule has 0 spiro atoms. The number of hydrogen-bond acceptors (Lipinski definition) is 5. The van der Waals surface area contributed by atoms with E-state index in [1.807, 2.05) is 55.5 Å². The van der Waals surface area contributed by atoms with Gasteiger partial charge in [-0.25, -0.2) is 9.59 Å². The topological polar surface area (TPSA) is 61.8 Å². The minimum absolute atomic E-state index is 0.372. The minimum Gasteiger partial charge on any atom is -0.494 e. The summed E-state index contributed by atoms with van der Waals surface area (Å²) in [7, 11) is 0. The van der Waals surface area contributed by atoms with Gasteiger partial charge in [-0.15, -0.1) is 0 Å². The molecule has 0 aromatic heterocycles. The molecule has 0 heterocycles. The molecule has 3 rings (SSSR count). The lowest BCUT2D eigenvalue weighted by molar-refractivity contribution is -0.137. The SMILES string of the molecule is C=CC(=O)OCCCCCCOc1ccc(-c2ccc(C(=O)Oc3ccc(C)cc3)cc2)cc1. The molecule has 3 aromatic rings. The summed E-state index contributed by atoms with van der Waals surface area (Å²) in [5, 5.41) is 0. The zero-order valence-corrected chi connectivity index (χ0v) is 19.5. The van der Waals surface area contributed by atoms with Crippen molar-refractivity contribution in [2.45, 2.75) is 32.6 Å². The third-order valence-electron chi connectivity index (χ3n) is 5.26. The van der Waals surface area contributed by atoms with E-state index in [0.29, 0.717) is 24.5 Å². The quantitative estimate of drug-likeness (QED) is 0.133. The highest BCUT2D eigenvalue weighted by Crippen LogP contribution is 2.23. The Morgan fingerprint density at radius 3 is 1.91 bits per heavy atom. The third kappa shape index (κ3) is 7.93. The lowest BCUT2D eigenvalue weighted by Gasteiger charge is -2.08. The number of ether oxygens (including phenoxy) is 3. The first-order valence-corrected chi connectivity index (χ1v) is 11.5. The molecule has 0 bridgehead atoms. The first-order chi connectivity index (χ1) is 16.5. The van der Waals surface area contributed by atoms with E-state index in [9.17, 15) is 9.59 Å². The van der Waals surface area contributed by atoms with Gasteiger partial charge in [-0.05, 0) is 80.1 Å². The molecule has 0 saturated carbocycles. The number of esters is 2. The predicted molar refractivity (Wildman–Crippen MR) is 133 cm³/mol. The summed E-state index contributed by atoms with van der Waals surface area (Å²) in [6.45, 7) is 6.43. The highest BCUT2D eigenvalue weighted by atomic mass is 16.5. The molecule has 0 amide bonds. The molecule has 3 aromatic carbocycles. The van der Waals surface area contributed by atoms with Crippen molar-refractivity contribution in [2.75, 3.05) is 13.2 Å². The van der Waals surface area contributed by atoms with E-state index in [4.69, 9.17) is 14.2 Å². The molecule has 0 fully saturated rings. The van der Waals surface area contributed by atoms with Gasteiger partial charge in [0, 0.05) is 6.08 Å². The van der Waals surface area contributed by atoms with Crippen LogP contribution in [0.5, 0.6) is 11.5 Å². The average Bonchev–Trinajstić information content (AvgIpc) is 2.87. The highest BCUT2D eigenvalue weighted by molar-refractivity contribution is 5.91. The molecule has 0 N–H and O–H groups in total. The van der Waals surface area contributed by atoms with Crippen molar-refractivity contribution in [3.63, 3.8) is 0 Å². The summed E-state index contributed by atoms with van der Waals surface area (Å²) in [4.78, 5) is 23.3. The number of carbonyl (C=O) groups excluding carboxylic acids is 2. The Labute approximate surface area is 201 Å². The molecule has 0 saturated heterocycles. The van der Waals surface area contributed by atoms with Crippen LogP contribution in [0.1, 0.15) is 41.6 Å². The number of carbonyl (C=O) groups is 2. The molecule has 0 atom stereocenters. The number of rotatable bonds is 12. The van der Waals surface area contributed by atoms with Crippen LogP contribution in [0.4, 0.5) is 0 Å². The standard InChI is InChI=1S/C29H30O5/c1-3-28(30)33-21-7-5-4-6-20-32-26-18-14-24(15-19-26)23-10-12-25(13-11-23)29(31)34-27-16-8-22(2)9-17-27/h3,8-19H,1,4-7,20-21H2,2H3. The maximum absolute atomic E-state index is 12.4. The van der Waals surface area contributed by atoms with E-state index >= 15 is 0 Å². The Morgan fingerprint density at radius 2 is 1.29 bits per heavy atom. The van der Waals surface area contributed by atoms with Crippen molar-refractivity contribution < 1.29 is 23.8 Å². The van der Waals surface area contributed by atoms with Gasteiger partial charge in [0.15, 0.2) is 0 Å². The Kier molecular flexibility index (Phi) is 9.47. The number of unbranched alkanes of at least 4 members (excludes halogenated alkanes) is 3. The van der Waals surface area contributed by atoms with E-state index < -0.39 is 0 Å². The van der Waals surface area contributed by atoms with Crippen LogP contribution in [0.25, 0.3) is 11.1 Å². The minimum atomic E-state index is -0.378. The van der Waals surface area contributed by atoms with Crippen LogP contribution >= 0.6 is 0 Å². The molecule has 0 aliphatic carbocycles.